The highest BCUT2D eigenvalue weighted by Gasteiger charge is 2.45. The van der Waals surface area contributed by atoms with Crippen LogP contribution in [0.4, 0.5) is 4.39 Å². The zero-order valence-electron chi connectivity index (χ0n) is 17.6. The van der Waals surface area contributed by atoms with Gasteiger partial charge in [0, 0.05) is 22.6 Å². The van der Waals surface area contributed by atoms with Crippen molar-refractivity contribution >= 4 is 16.3 Å². The molecule has 2 aliphatic rings. The van der Waals surface area contributed by atoms with Crippen LogP contribution in [-0.2, 0) is 5.41 Å². The number of hydrogen-bond acceptors (Lipinski definition) is 1. The number of hydrogen-bond donors (Lipinski definition) is 0. The van der Waals surface area contributed by atoms with Crippen molar-refractivity contribution in [3.05, 3.63) is 71.3 Å². The fourth-order valence-corrected chi connectivity index (χ4v) is 5.22. The van der Waals surface area contributed by atoms with Crippen molar-refractivity contribution in [2.75, 3.05) is 0 Å². The SMILES string of the molecule is CCC=CC(C)(CC)C1CC=C(F)C2=C1c1nccc3cccc(c13)C2(C)C. The van der Waals surface area contributed by atoms with Gasteiger partial charge in [-0.2, -0.15) is 0 Å². The number of allylic oxidation sites excluding steroid dienone is 6. The van der Waals surface area contributed by atoms with Crippen molar-refractivity contribution in [1.29, 1.82) is 0 Å². The lowest BCUT2D eigenvalue weighted by molar-refractivity contribution is 0.298. The van der Waals surface area contributed by atoms with E-state index in [4.69, 9.17) is 4.98 Å². The molecule has 0 bridgehead atoms. The van der Waals surface area contributed by atoms with Crippen LogP contribution in [0.2, 0.25) is 0 Å². The van der Waals surface area contributed by atoms with Crippen molar-refractivity contribution in [3.63, 3.8) is 0 Å². The average Bonchev–Trinajstić information content (AvgIpc) is 2.69. The molecule has 1 aromatic carbocycles. The molecule has 0 saturated carbocycles. The zero-order chi connectivity index (χ0) is 20.1. The molecular formula is C26H30FN. The van der Waals surface area contributed by atoms with Crippen molar-refractivity contribution in [1.82, 2.24) is 4.98 Å². The average molecular weight is 376 g/mol. The first-order chi connectivity index (χ1) is 13.3. The Morgan fingerprint density at radius 3 is 2.75 bits per heavy atom. The number of aromatic nitrogens is 1. The van der Waals surface area contributed by atoms with E-state index in [1.807, 2.05) is 12.3 Å². The topological polar surface area (TPSA) is 12.9 Å². The van der Waals surface area contributed by atoms with E-state index in [0.29, 0.717) is 0 Å². The summed E-state index contributed by atoms with van der Waals surface area (Å²) in [6.45, 7) is 11.0. The summed E-state index contributed by atoms with van der Waals surface area (Å²) in [4.78, 5) is 4.82. The third kappa shape index (κ3) is 2.61. The summed E-state index contributed by atoms with van der Waals surface area (Å²) >= 11 is 0. The lowest BCUT2D eigenvalue weighted by Gasteiger charge is -2.45. The van der Waals surface area contributed by atoms with Crippen molar-refractivity contribution in [2.45, 2.75) is 59.3 Å². The highest BCUT2D eigenvalue weighted by molar-refractivity contribution is 6.00. The van der Waals surface area contributed by atoms with Gasteiger partial charge in [0.25, 0.3) is 0 Å². The lowest BCUT2D eigenvalue weighted by Crippen LogP contribution is -2.35. The summed E-state index contributed by atoms with van der Waals surface area (Å²) in [5.41, 5.74) is 3.72. The maximum atomic E-state index is 15.4. The van der Waals surface area contributed by atoms with Gasteiger partial charge < -0.3 is 0 Å². The molecule has 2 aliphatic carbocycles. The monoisotopic (exact) mass is 375 g/mol. The second-order valence-corrected chi connectivity index (χ2v) is 8.99. The maximum Gasteiger partial charge on any atom is 0.123 e. The van der Waals surface area contributed by atoms with E-state index < -0.39 is 0 Å². The molecule has 2 heteroatoms. The Balaban J connectivity index is 2.06. The van der Waals surface area contributed by atoms with Gasteiger partial charge in [-0.25, -0.2) is 4.39 Å². The Morgan fingerprint density at radius 2 is 2.04 bits per heavy atom. The van der Waals surface area contributed by atoms with Crippen molar-refractivity contribution in [2.24, 2.45) is 11.3 Å². The second-order valence-electron chi connectivity index (χ2n) is 8.99. The second kappa shape index (κ2) is 6.69. The van der Waals surface area contributed by atoms with Gasteiger partial charge in [0.05, 0.1) is 5.69 Å². The van der Waals surface area contributed by atoms with E-state index in [0.717, 1.165) is 36.1 Å². The Kier molecular flexibility index (Phi) is 4.56. The summed E-state index contributed by atoms with van der Waals surface area (Å²) in [5, 5.41) is 2.39. The van der Waals surface area contributed by atoms with Crippen molar-refractivity contribution < 1.29 is 4.39 Å². The highest BCUT2D eigenvalue weighted by atomic mass is 19.1. The van der Waals surface area contributed by atoms with Gasteiger partial charge in [0.1, 0.15) is 5.83 Å². The van der Waals surface area contributed by atoms with Crippen LogP contribution in [-0.4, -0.2) is 4.98 Å². The summed E-state index contributed by atoms with van der Waals surface area (Å²) in [6, 6.07) is 8.44. The summed E-state index contributed by atoms with van der Waals surface area (Å²) in [7, 11) is 0. The standard InChI is InChI=1S/C26H30FN/c1-6-8-15-26(5,7-2)19-12-13-20(27)23-22(19)24-21-17(14-16-28-24)10-9-11-18(21)25(23,3)4/h8-11,13-16,19H,6-7,12H2,1-5H3. The van der Waals surface area contributed by atoms with Crippen LogP contribution >= 0.6 is 0 Å². The number of halogens is 1. The molecule has 1 nitrogen and oxygen atoms in total. The normalized spacial score (nSPS) is 22.9. The predicted molar refractivity (Wildman–Crippen MR) is 117 cm³/mol. The first-order valence-corrected chi connectivity index (χ1v) is 10.5. The predicted octanol–water partition coefficient (Wildman–Crippen LogP) is 7.54. The molecule has 4 rings (SSSR count). The van der Waals surface area contributed by atoms with Gasteiger partial charge in [-0.1, -0.05) is 65.0 Å². The summed E-state index contributed by atoms with van der Waals surface area (Å²) in [6.07, 6.45) is 11.1. The minimum atomic E-state index is -0.382. The van der Waals surface area contributed by atoms with Crippen LogP contribution in [0.3, 0.4) is 0 Å². The number of rotatable bonds is 4. The largest absolute Gasteiger partial charge is 0.256 e. The van der Waals surface area contributed by atoms with E-state index >= 15 is 4.39 Å². The Bertz CT molecular complexity index is 1020. The van der Waals surface area contributed by atoms with E-state index in [-0.39, 0.29) is 22.6 Å². The van der Waals surface area contributed by atoms with Gasteiger partial charge in [0.2, 0.25) is 0 Å². The molecule has 28 heavy (non-hydrogen) atoms. The molecule has 0 spiro atoms. The quantitative estimate of drug-likeness (QED) is 0.503. The molecule has 0 saturated heterocycles. The zero-order valence-corrected chi connectivity index (χ0v) is 17.6. The maximum absolute atomic E-state index is 15.4. The molecule has 0 radical (unpaired) electrons. The van der Waals surface area contributed by atoms with Crippen LogP contribution in [0.5, 0.6) is 0 Å². The van der Waals surface area contributed by atoms with E-state index in [2.05, 4.69) is 71.0 Å². The molecule has 0 aliphatic heterocycles. The minimum Gasteiger partial charge on any atom is -0.256 e. The van der Waals surface area contributed by atoms with Gasteiger partial charge in [-0.15, -0.1) is 0 Å². The number of pyridine rings is 1. The third-order valence-electron chi connectivity index (χ3n) is 7.03. The summed E-state index contributed by atoms with van der Waals surface area (Å²) < 4.78 is 15.4. The van der Waals surface area contributed by atoms with Crippen LogP contribution < -0.4 is 0 Å². The molecular weight excluding hydrogens is 345 g/mol. The Labute approximate surface area is 168 Å². The van der Waals surface area contributed by atoms with Gasteiger partial charge in [0.15, 0.2) is 0 Å². The first-order valence-electron chi connectivity index (χ1n) is 10.5. The molecule has 0 amide bonds. The van der Waals surface area contributed by atoms with Gasteiger partial charge >= 0.3 is 0 Å². The molecule has 0 fully saturated rings. The lowest BCUT2D eigenvalue weighted by atomic mass is 9.59. The van der Waals surface area contributed by atoms with E-state index in [1.165, 1.54) is 16.3 Å². The molecule has 2 unspecified atom stereocenters. The molecule has 2 atom stereocenters. The van der Waals surface area contributed by atoms with E-state index in [1.54, 1.807) is 0 Å². The minimum absolute atomic E-state index is 0.0278. The molecule has 1 aromatic heterocycles. The molecule has 1 heterocycles. The number of nitrogens with zero attached hydrogens (tertiary/aromatic N) is 1. The van der Waals surface area contributed by atoms with Crippen molar-refractivity contribution in [3.8, 4) is 0 Å². The number of benzene rings is 1. The Hall–Kier alpha value is -2.22. The highest BCUT2D eigenvalue weighted by Crippen LogP contribution is 2.57. The first kappa shape index (κ1) is 19.1. The summed E-state index contributed by atoms with van der Waals surface area (Å²) in [5.74, 6) is 0.156. The fraction of sp³-hybridized carbons (Fsp3) is 0.423. The van der Waals surface area contributed by atoms with E-state index in [9.17, 15) is 0 Å². The van der Waals surface area contributed by atoms with Gasteiger partial charge in [-0.3, -0.25) is 4.98 Å². The van der Waals surface area contributed by atoms with Crippen LogP contribution in [0.25, 0.3) is 16.3 Å². The third-order valence-corrected chi connectivity index (χ3v) is 7.03. The number of fused-ring (bicyclic) bond motifs is 1. The molecule has 0 N–H and O–H groups in total. The molecule has 2 aromatic rings. The van der Waals surface area contributed by atoms with Crippen LogP contribution in [0.1, 0.15) is 65.1 Å². The van der Waals surface area contributed by atoms with Gasteiger partial charge in [-0.05, 0) is 59.3 Å². The Morgan fingerprint density at radius 1 is 1.25 bits per heavy atom. The fourth-order valence-electron chi connectivity index (χ4n) is 5.22. The molecule has 146 valence electrons. The van der Waals surface area contributed by atoms with Crippen LogP contribution in [0, 0.1) is 11.3 Å². The smallest absolute Gasteiger partial charge is 0.123 e. The van der Waals surface area contributed by atoms with Crippen LogP contribution in [0.15, 0.2) is 60.1 Å².